The maximum Gasteiger partial charge on any atom is 0.246 e. The summed E-state index contributed by atoms with van der Waals surface area (Å²) in [6.07, 6.45) is 3.52. The molecule has 2 rings (SSSR count). The topological polar surface area (TPSA) is 49.4 Å². The fourth-order valence-corrected chi connectivity index (χ4v) is 2.98. The number of carbonyl (C=O) groups excluding carboxylic acids is 2. The average molecular weight is 306 g/mol. The van der Waals surface area contributed by atoms with Gasteiger partial charge in [-0.1, -0.05) is 30.3 Å². The standard InChI is InChI=1S/C16H22N2O2S/c1-12-15(19)17-14(11-13-7-4-3-5-8-13)16(20)18(12)9-6-10-21-2/h3-5,7-8,12,14H,6,9-11H2,1-2H3,(H,17,19). The molecule has 1 saturated heterocycles. The van der Waals surface area contributed by atoms with E-state index in [1.165, 1.54) is 0 Å². The molecule has 4 nitrogen and oxygen atoms in total. The zero-order valence-corrected chi connectivity index (χ0v) is 13.4. The van der Waals surface area contributed by atoms with Crippen LogP contribution >= 0.6 is 11.8 Å². The van der Waals surface area contributed by atoms with E-state index in [0.717, 1.165) is 17.7 Å². The highest BCUT2D eigenvalue weighted by atomic mass is 32.2. The maximum absolute atomic E-state index is 12.6. The molecule has 0 spiro atoms. The third-order valence-electron chi connectivity index (χ3n) is 3.77. The van der Waals surface area contributed by atoms with Crippen LogP contribution in [0.25, 0.3) is 0 Å². The van der Waals surface area contributed by atoms with Crippen LogP contribution in [0.15, 0.2) is 30.3 Å². The van der Waals surface area contributed by atoms with Crippen LogP contribution in [0.3, 0.4) is 0 Å². The number of thioether (sulfide) groups is 1. The zero-order chi connectivity index (χ0) is 15.2. The number of nitrogens with one attached hydrogen (secondary N) is 1. The van der Waals surface area contributed by atoms with Gasteiger partial charge in [0.2, 0.25) is 11.8 Å². The van der Waals surface area contributed by atoms with Crippen molar-refractivity contribution in [1.82, 2.24) is 10.2 Å². The van der Waals surface area contributed by atoms with E-state index in [-0.39, 0.29) is 17.9 Å². The molecule has 5 heteroatoms. The van der Waals surface area contributed by atoms with E-state index in [1.807, 2.05) is 36.6 Å². The first kappa shape index (κ1) is 15.9. The summed E-state index contributed by atoms with van der Waals surface area (Å²) in [4.78, 5) is 26.4. The summed E-state index contributed by atoms with van der Waals surface area (Å²) in [5.74, 6) is 0.980. The van der Waals surface area contributed by atoms with Gasteiger partial charge in [0.1, 0.15) is 12.1 Å². The molecule has 2 unspecified atom stereocenters. The van der Waals surface area contributed by atoms with Crippen LogP contribution in [-0.2, 0) is 16.0 Å². The number of hydrogen-bond donors (Lipinski definition) is 1. The Kier molecular flexibility index (Phi) is 5.67. The van der Waals surface area contributed by atoms with Crippen molar-refractivity contribution in [3.63, 3.8) is 0 Å². The molecule has 0 saturated carbocycles. The van der Waals surface area contributed by atoms with Crippen molar-refractivity contribution in [1.29, 1.82) is 0 Å². The Morgan fingerprint density at radius 1 is 1.24 bits per heavy atom. The number of amides is 2. The van der Waals surface area contributed by atoms with E-state index in [4.69, 9.17) is 0 Å². The molecular formula is C16H22N2O2S. The lowest BCUT2D eigenvalue weighted by Crippen LogP contribution is -2.63. The van der Waals surface area contributed by atoms with Crippen molar-refractivity contribution in [2.24, 2.45) is 0 Å². The Morgan fingerprint density at radius 3 is 2.62 bits per heavy atom. The van der Waals surface area contributed by atoms with Crippen molar-refractivity contribution in [2.45, 2.75) is 31.8 Å². The second-order valence-electron chi connectivity index (χ2n) is 5.30. The number of benzene rings is 1. The molecule has 1 aromatic rings. The first-order valence-corrected chi connectivity index (χ1v) is 8.66. The van der Waals surface area contributed by atoms with Crippen LogP contribution in [0.1, 0.15) is 18.9 Å². The summed E-state index contributed by atoms with van der Waals surface area (Å²) >= 11 is 1.76. The molecule has 1 aromatic carbocycles. The lowest BCUT2D eigenvalue weighted by Gasteiger charge is -2.37. The summed E-state index contributed by atoms with van der Waals surface area (Å²) in [6.45, 7) is 2.45. The molecule has 1 aliphatic heterocycles. The first-order chi connectivity index (χ1) is 10.1. The highest BCUT2D eigenvalue weighted by molar-refractivity contribution is 7.98. The first-order valence-electron chi connectivity index (χ1n) is 7.27. The molecule has 1 aliphatic rings. The number of hydrogen-bond acceptors (Lipinski definition) is 3. The van der Waals surface area contributed by atoms with Crippen LogP contribution in [0.4, 0.5) is 0 Å². The predicted octanol–water partition coefficient (Wildman–Crippen LogP) is 1.70. The van der Waals surface area contributed by atoms with Gasteiger partial charge in [0.15, 0.2) is 0 Å². The molecule has 0 aromatic heterocycles. The molecule has 114 valence electrons. The van der Waals surface area contributed by atoms with Gasteiger partial charge >= 0.3 is 0 Å². The number of piperazine rings is 1. The quantitative estimate of drug-likeness (QED) is 0.814. The highest BCUT2D eigenvalue weighted by Gasteiger charge is 2.37. The Labute approximate surface area is 130 Å². The second-order valence-corrected chi connectivity index (χ2v) is 6.29. The van der Waals surface area contributed by atoms with E-state index in [0.29, 0.717) is 13.0 Å². The van der Waals surface area contributed by atoms with E-state index >= 15 is 0 Å². The molecule has 2 amide bonds. The van der Waals surface area contributed by atoms with Gasteiger partial charge in [0, 0.05) is 13.0 Å². The Bertz CT molecular complexity index is 492. The largest absolute Gasteiger partial charge is 0.342 e. The normalized spacial score (nSPS) is 22.3. The van der Waals surface area contributed by atoms with Crippen LogP contribution in [0, 0.1) is 0 Å². The number of nitrogens with zero attached hydrogens (tertiary/aromatic N) is 1. The van der Waals surface area contributed by atoms with E-state index in [2.05, 4.69) is 5.32 Å². The van der Waals surface area contributed by atoms with Gasteiger partial charge in [-0.15, -0.1) is 0 Å². The number of rotatable bonds is 6. The van der Waals surface area contributed by atoms with E-state index in [1.54, 1.807) is 23.6 Å². The molecule has 21 heavy (non-hydrogen) atoms. The van der Waals surface area contributed by atoms with Crippen LogP contribution in [0.5, 0.6) is 0 Å². The lowest BCUT2D eigenvalue weighted by atomic mass is 10.0. The van der Waals surface area contributed by atoms with E-state index in [9.17, 15) is 9.59 Å². The molecule has 1 fully saturated rings. The Balaban J connectivity index is 2.05. The molecule has 0 bridgehead atoms. The fraction of sp³-hybridized carbons (Fsp3) is 0.500. The summed E-state index contributed by atoms with van der Waals surface area (Å²) in [7, 11) is 0. The summed E-state index contributed by atoms with van der Waals surface area (Å²) in [5.41, 5.74) is 1.06. The highest BCUT2D eigenvalue weighted by Crippen LogP contribution is 2.15. The van der Waals surface area contributed by atoms with Crippen LogP contribution < -0.4 is 5.32 Å². The summed E-state index contributed by atoms with van der Waals surface area (Å²) in [5, 5.41) is 2.85. The Morgan fingerprint density at radius 2 is 1.95 bits per heavy atom. The third-order valence-corrected chi connectivity index (χ3v) is 4.47. The van der Waals surface area contributed by atoms with Gasteiger partial charge in [0.05, 0.1) is 0 Å². The van der Waals surface area contributed by atoms with Crippen molar-refractivity contribution in [3.05, 3.63) is 35.9 Å². The minimum Gasteiger partial charge on any atom is -0.342 e. The van der Waals surface area contributed by atoms with Gasteiger partial charge in [-0.3, -0.25) is 9.59 Å². The second kappa shape index (κ2) is 7.50. The molecular weight excluding hydrogens is 284 g/mol. The smallest absolute Gasteiger partial charge is 0.246 e. The summed E-state index contributed by atoms with van der Waals surface area (Å²) in [6, 6.07) is 9.00. The predicted molar refractivity (Wildman–Crippen MR) is 86.3 cm³/mol. The van der Waals surface area contributed by atoms with Gasteiger partial charge in [0.25, 0.3) is 0 Å². The minimum absolute atomic E-state index is 0.0343. The SMILES string of the molecule is CSCCCN1C(=O)C(Cc2ccccc2)NC(=O)C1C. The van der Waals surface area contributed by atoms with Crippen molar-refractivity contribution >= 4 is 23.6 Å². The minimum atomic E-state index is -0.439. The molecule has 0 aliphatic carbocycles. The average Bonchev–Trinajstić information content (AvgIpc) is 2.49. The molecule has 1 heterocycles. The van der Waals surface area contributed by atoms with Crippen molar-refractivity contribution in [2.75, 3.05) is 18.6 Å². The van der Waals surface area contributed by atoms with Crippen LogP contribution in [-0.4, -0.2) is 47.4 Å². The van der Waals surface area contributed by atoms with E-state index < -0.39 is 6.04 Å². The Hall–Kier alpha value is -1.49. The van der Waals surface area contributed by atoms with Gasteiger partial charge in [-0.05, 0) is 30.9 Å². The van der Waals surface area contributed by atoms with Gasteiger partial charge in [-0.2, -0.15) is 11.8 Å². The number of carbonyl (C=O) groups is 2. The molecule has 2 atom stereocenters. The third kappa shape index (κ3) is 4.00. The summed E-state index contributed by atoms with van der Waals surface area (Å²) < 4.78 is 0. The lowest BCUT2D eigenvalue weighted by molar-refractivity contribution is -0.148. The van der Waals surface area contributed by atoms with Gasteiger partial charge < -0.3 is 10.2 Å². The molecule has 1 N–H and O–H groups in total. The van der Waals surface area contributed by atoms with Gasteiger partial charge in [-0.25, -0.2) is 0 Å². The van der Waals surface area contributed by atoms with Crippen LogP contribution in [0.2, 0.25) is 0 Å². The monoisotopic (exact) mass is 306 g/mol. The zero-order valence-electron chi connectivity index (χ0n) is 12.5. The van der Waals surface area contributed by atoms with Crippen molar-refractivity contribution < 1.29 is 9.59 Å². The van der Waals surface area contributed by atoms with Crippen molar-refractivity contribution in [3.8, 4) is 0 Å². The molecule has 0 radical (unpaired) electrons. The fourth-order valence-electron chi connectivity index (χ4n) is 2.56. The maximum atomic E-state index is 12.6.